The van der Waals surface area contributed by atoms with Crippen molar-refractivity contribution in [1.29, 1.82) is 0 Å². The first-order valence-corrected chi connectivity index (χ1v) is 22.2. The number of halogens is 3. The van der Waals surface area contributed by atoms with Crippen LogP contribution in [-0.4, -0.2) is 83.9 Å². The lowest BCUT2D eigenvalue weighted by Gasteiger charge is -2.34. The van der Waals surface area contributed by atoms with E-state index in [1.54, 1.807) is 19.9 Å². The van der Waals surface area contributed by atoms with E-state index >= 15 is 4.39 Å². The first kappa shape index (κ1) is 44.3. The van der Waals surface area contributed by atoms with E-state index in [2.05, 4.69) is 9.71 Å². The lowest BCUT2D eigenvalue weighted by atomic mass is 9.79. The van der Waals surface area contributed by atoms with Crippen LogP contribution in [0, 0.1) is 34.9 Å². The largest absolute Gasteiger partial charge is 0.491 e. The van der Waals surface area contributed by atoms with Crippen LogP contribution in [-0.2, 0) is 33.9 Å². The first-order chi connectivity index (χ1) is 27.7. The molecule has 16 heteroatoms. The smallest absolute Gasteiger partial charge is 0.307 e. The van der Waals surface area contributed by atoms with E-state index in [-0.39, 0.29) is 50.0 Å². The fourth-order valence-corrected chi connectivity index (χ4v) is 9.90. The van der Waals surface area contributed by atoms with Gasteiger partial charge in [-0.1, -0.05) is 32.4 Å². The molecule has 2 aliphatic carbocycles. The van der Waals surface area contributed by atoms with Crippen molar-refractivity contribution in [2.24, 2.45) is 29.1 Å². The van der Waals surface area contributed by atoms with Crippen molar-refractivity contribution >= 4 is 44.4 Å². The van der Waals surface area contributed by atoms with E-state index in [4.69, 9.17) is 14.2 Å². The maximum atomic E-state index is 15.1. The molecular formula is C43H56F3N3O9S. The number of Topliss-reactive ketones (excluding diaryl/α,β-unsaturated/α-hetero) is 1. The molecule has 3 fully saturated rings. The highest BCUT2D eigenvalue weighted by molar-refractivity contribution is 7.91. The minimum atomic E-state index is -4.03. The third kappa shape index (κ3) is 9.42. The normalized spacial score (nSPS) is 29.2. The summed E-state index contributed by atoms with van der Waals surface area (Å²) in [6, 6.07) is 3.25. The summed E-state index contributed by atoms with van der Waals surface area (Å²) in [5, 5.41) is 0.896. The summed E-state index contributed by atoms with van der Waals surface area (Å²) in [4.78, 5) is 62.8. The second-order valence-corrected chi connectivity index (χ2v) is 19.9. The molecule has 2 aromatic rings. The van der Waals surface area contributed by atoms with Crippen molar-refractivity contribution < 1.29 is 55.0 Å². The molecule has 0 bridgehead atoms. The third-order valence-electron chi connectivity index (χ3n) is 12.8. The van der Waals surface area contributed by atoms with Crippen LogP contribution in [0.2, 0.25) is 0 Å². The molecule has 59 heavy (non-hydrogen) atoms. The number of benzene rings is 1. The SMILES string of the molecule is CCOc1cc2ccnc(O[C@@H]3C[C@H]4C(=O)C[C@]5(C(=O)NS(=O)(=O)C6(C)CC6)C[C@H]5/C=C\CC[C@H](C)C[C@@H](CC)[C@H](CC(=O)OC(C)(C)C(F)F)C(=O)N4C3)c2cc1F. The molecule has 1 N–H and O–H groups in total. The number of alkyl halides is 2. The Bertz CT molecular complexity index is 2090. The minimum absolute atomic E-state index is 0.0478. The van der Waals surface area contributed by atoms with Crippen LogP contribution >= 0.6 is 0 Å². The van der Waals surface area contributed by atoms with E-state index < -0.39 is 97.9 Å². The number of aromatic nitrogens is 1. The van der Waals surface area contributed by atoms with Crippen LogP contribution in [0.5, 0.6) is 11.6 Å². The van der Waals surface area contributed by atoms with Crippen LogP contribution in [0.3, 0.4) is 0 Å². The Hall–Kier alpha value is -4.21. The number of amides is 2. The zero-order valence-corrected chi connectivity index (χ0v) is 35.4. The van der Waals surface area contributed by atoms with Gasteiger partial charge in [0.2, 0.25) is 27.7 Å². The number of ketones is 1. The topological polar surface area (TPSA) is 158 Å². The van der Waals surface area contributed by atoms with Crippen molar-refractivity contribution in [2.75, 3.05) is 13.2 Å². The van der Waals surface area contributed by atoms with Gasteiger partial charge in [-0.3, -0.25) is 23.9 Å². The number of nitrogens with one attached hydrogen (secondary N) is 1. The fourth-order valence-electron chi connectivity index (χ4n) is 8.57. The Balaban J connectivity index is 1.37. The molecule has 2 amide bonds. The number of rotatable bonds is 12. The van der Waals surface area contributed by atoms with Crippen molar-refractivity contribution in [3.05, 3.63) is 42.4 Å². The van der Waals surface area contributed by atoms with Gasteiger partial charge in [0.05, 0.1) is 41.7 Å². The summed E-state index contributed by atoms with van der Waals surface area (Å²) in [5.41, 5.74) is -3.49. The van der Waals surface area contributed by atoms with Crippen molar-refractivity contribution in [1.82, 2.24) is 14.6 Å². The fraction of sp³-hybridized carbons (Fsp3) is 0.651. The van der Waals surface area contributed by atoms with Crippen molar-refractivity contribution in [3.8, 4) is 11.6 Å². The molecule has 3 heterocycles. The molecule has 6 rings (SSSR count). The summed E-state index contributed by atoms with van der Waals surface area (Å²) >= 11 is 0. The lowest BCUT2D eigenvalue weighted by molar-refractivity contribution is -0.174. The highest BCUT2D eigenvalue weighted by atomic mass is 32.2. The minimum Gasteiger partial charge on any atom is -0.491 e. The molecule has 4 aliphatic rings. The Morgan fingerprint density at radius 3 is 2.53 bits per heavy atom. The number of hydrogen-bond donors (Lipinski definition) is 1. The number of hydrogen-bond acceptors (Lipinski definition) is 10. The molecule has 0 unspecified atom stereocenters. The van der Waals surface area contributed by atoms with Gasteiger partial charge in [-0.25, -0.2) is 26.6 Å². The number of ether oxygens (including phenoxy) is 3. The third-order valence-corrected chi connectivity index (χ3v) is 14.9. The Morgan fingerprint density at radius 1 is 1.14 bits per heavy atom. The average Bonchev–Trinajstić information content (AvgIpc) is 4.05. The molecule has 2 saturated carbocycles. The van der Waals surface area contributed by atoms with E-state index in [1.807, 2.05) is 26.0 Å². The summed E-state index contributed by atoms with van der Waals surface area (Å²) in [6.07, 6.45) is 3.83. The maximum absolute atomic E-state index is 15.1. The first-order valence-electron chi connectivity index (χ1n) is 20.7. The second-order valence-electron chi connectivity index (χ2n) is 17.7. The molecule has 1 aromatic carbocycles. The highest BCUT2D eigenvalue weighted by Gasteiger charge is 2.63. The summed E-state index contributed by atoms with van der Waals surface area (Å²) < 4.78 is 87.4. The van der Waals surface area contributed by atoms with Crippen LogP contribution in [0.4, 0.5) is 13.2 Å². The lowest BCUT2D eigenvalue weighted by Crippen LogP contribution is -2.48. The van der Waals surface area contributed by atoms with E-state index in [1.165, 1.54) is 23.2 Å². The van der Waals surface area contributed by atoms with Gasteiger partial charge in [-0.15, -0.1) is 0 Å². The monoisotopic (exact) mass is 847 g/mol. The van der Waals surface area contributed by atoms with Crippen LogP contribution in [0.1, 0.15) is 106 Å². The number of sulfonamides is 1. The molecule has 1 aromatic heterocycles. The highest BCUT2D eigenvalue weighted by Crippen LogP contribution is 2.58. The number of esters is 1. The summed E-state index contributed by atoms with van der Waals surface area (Å²) in [6.45, 7) is 9.48. The number of fused-ring (bicyclic) bond motifs is 3. The molecule has 2 aliphatic heterocycles. The Labute approximate surface area is 344 Å². The molecule has 12 nitrogen and oxygen atoms in total. The van der Waals surface area contributed by atoms with Gasteiger partial charge in [-0.05, 0) is 108 Å². The Kier molecular flexibility index (Phi) is 12.8. The molecule has 0 radical (unpaired) electrons. The zero-order chi connectivity index (χ0) is 43.1. The Morgan fingerprint density at radius 2 is 1.86 bits per heavy atom. The van der Waals surface area contributed by atoms with Crippen molar-refractivity contribution in [2.45, 2.75) is 135 Å². The van der Waals surface area contributed by atoms with Gasteiger partial charge in [0, 0.05) is 24.4 Å². The second kappa shape index (κ2) is 17.0. The summed E-state index contributed by atoms with van der Waals surface area (Å²) in [7, 11) is -4.03. The van der Waals surface area contributed by atoms with Gasteiger partial charge in [-0.2, -0.15) is 0 Å². The maximum Gasteiger partial charge on any atom is 0.307 e. The standard InChI is InChI=1S/C43H56F3N3O9S/c1-7-26-17-25(3)11-9-10-12-28-22-43(28,40(53)48-59(54,55)42(6)14-15-42)23-34(50)33-19-29(24-49(33)38(52)31(26)21-36(51)58-41(4,5)39(45)46)57-37-30-20-32(44)35(56-8-2)18-27(30)13-16-47-37/h10,12-13,16,18,20,25-26,28-29,31,33,39H,7-9,11,14-15,17,19,21-24H2,1-6H3,(H,48,53)/b12-10-/t25-,26+,28+,29+,31-,33-,43+/m0/s1. The number of carbonyl (C=O) groups excluding carboxylic acids is 4. The van der Waals surface area contributed by atoms with Crippen molar-refractivity contribution in [3.63, 3.8) is 0 Å². The summed E-state index contributed by atoms with van der Waals surface area (Å²) in [5.74, 6) is -5.18. The molecule has 7 atom stereocenters. The van der Waals surface area contributed by atoms with Gasteiger partial charge in [0.25, 0.3) is 6.43 Å². The number of nitrogens with zero attached hydrogens (tertiary/aromatic N) is 2. The predicted octanol–water partition coefficient (Wildman–Crippen LogP) is 7.08. The average molecular weight is 848 g/mol. The molecule has 1 saturated heterocycles. The predicted molar refractivity (Wildman–Crippen MR) is 212 cm³/mol. The van der Waals surface area contributed by atoms with E-state index in [9.17, 15) is 36.4 Å². The number of carbonyl (C=O) groups is 4. The molecular weight excluding hydrogens is 792 g/mol. The van der Waals surface area contributed by atoms with E-state index in [0.717, 1.165) is 13.8 Å². The number of pyridine rings is 1. The zero-order valence-electron chi connectivity index (χ0n) is 34.6. The van der Waals surface area contributed by atoms with Crippen LogP contribution in [0.25, 0.3) is 10.8 Å². The van der Waals surface area contributed by atoms with Crippen LogP contribution < -0.4 is 14.2 Å². The molecule has 324 valence electrons. The van der Waals surface area contributed by atoms with Gasteiger partial charge >= 0.3 is 5.97 Å². The number of allylic oxidation sites excluding steroid dienone is 2. The quantitative estimate of drug-likeness (QED) is 0.173. The van der Waals surface area contributed by atoms with Gasteiger partial charge in [0.1, 0.15) is 6.10 Å². The van der Waals surface area contributed by atoms with Crippen LogP contribution in [0.15, 0.2) is 36.5 Å². The van der Waals surface area contributed by atoms with E-state index in [0.29, 0.717) is 49.3 Å². The van der Waals surface area contributed by atoms with Gasteiger partial charge in [0.15, 0.2) is 23.0 Å². The molecule has 0 spiro atoms. The van der Waals surface area contributed by atoms with Gasteiger partial charge < -0.3 is 19.1 Å².